The molecule has 27 heavy (non-hydrogen) atoms. The van der Waals surface area contributed by atoms with Gasteiger partial charge in [0.05, 0.1) is 29.8 Å². The molecule has 0 radical (unpaired) electrons. The van der Waals surface area contributed by atoms with E-state index >= 15 is 0 Å². The molecule has 2 amide bonds. The molecule has 3 rings (SSSR count). The maximum Gasteiger partial charge on any atom is 0.317 e. The van der Waals surface area contributed by atoms with Gasteiger partial charge in [-0.15, -0.1) is 0 Å². The molecular formula is C19H16ClF2N3O2. The minimum Gasteiger partial charge on any atom is -0.370 e. The van der Waals surface area contributed by atoms with Crippen LogP contribution in [0.15, 0.2) is 36.4 Å². The fourth-order valence-corrected chi connectivity index (χ4v) is 3.00. The van der Waals surface area contributed by atoms with Gasteiger partial charge in [0.2, 0.25) is 0 Å². The first kappa shape index (κ1) is 19.1. The minimum atomic E-state index is -0.521. The van der Waals surface area contributed by atoms with Crippen molar-refractivity contribution in [1.82, 2.24) is 10.2 Å². The van der Waals surface area contributed by atoms with Gasteiger partial charge in [0.1, 0.15) is 17.7 Å². The van der Waals surface area contributed by atoms with Crippen LogP contribution >= 0.6 is 11.6 Å². The highest BCUT2D eigenvalue weighted by Gasteiger charge is 2.26. The maximum absolute atomic E-state index is 13.8. The van der Waals surface area contributed by atoms with Gasteiger partial charge in [0.15, 0.2) is 0 Å². The molecule has 1 aliphatic rings. The lowest BCUT2D eigenvalue weighted by atomic mass is 10.1. The third-order valence-electron chi connectivity index (χ3n) is 4.27. The number of carbonyl (C=O) groups is 1. The maximum atomic E-state index is 13.8. The molecule has 1 aliphatic heterocycles. The van der Waals surface area contributed by atoms with Crippen LogP contribution in [-0.4, -0.2) is 30.6 Å². The SMILES string of the molecule is N#Cc1ccc(F)c(CNC(=O)N2CCOC(c3ccc(F)c(Cl)c3)C2)c1. The summed E-state index contributed by atoms with van der Waals surface area (Å²) < 4.78 is 32.8. The Morgan fingerprint density at radius 3 is 2.81 bits per heavy atom. The number of rotatable bonds is 3. The van der Waals surface area contributed by atoms with E-state index in [0.29, 0.717) is 24.3 Å². The third-order valence-corrected chi connectivity index (χ3v) is 4.56. The Morgan fingerprint density at radius 1 is 1.30 bits per heavy atom. The normalized spacial score (nSPS) is 16.7. The molecule has 0 aliphatic carbocycles. The smallest absolute Gasteiger partial charge is 0.317 e. The number of hydrogen-bond donors (Lipinski definition) is 1. The number of hydrogen-bond acceptors (Lipinski definition) is 3. The Hall–Kier alpha value is -2.69. The second-order valence-corrected chi connectivity index (χ2v) is 6.46. The van der Waals surface area contributed by atoms with E-state index in [0.717, 1.165) is 0 Å². The van der Waals surface area contributed by atoms with E-state index < -0.39 is 17.7 Å². The third kappa shape index (κ3) is 4.54. The largest absolute Gasteiger partial charge is 0.370 e. The van der Waals surface area contributed by atoms with Crippen LogP contribution in [0, 0.1) is 23.0 Å². The van der Waals surface area contributed by atoms with Crippen molar-refractivity contribution in [1.29, 1.82) is 5.26 Å². The number of halogens is 3. The molecule has 2 aromatic rings. The van der Waals surface area contributed by atoms with Crippen molar-refractivity contribution >= 4 is 17.6 Å². The van der Waals surface area contributed by atoms with Crippen LogP contribution in [0.4, 0.5) is 13.6 Å². The molecule has 8 heteroatoms. The molecular weight excluding hydrogens is 376 g/mol. The van der Waals surface area contributed by atoms with Gasteiger partial charge in [-0.3, -0.25) is 0 Å². The van der Waals surface area contributed by atoms with Crippen molar-refractivity contribution in [2.45, 2.75) is 12.6 Å². The fourth-order valence-electron chi connectivity index (χ4n) is 2.81. The molecule has 0 spiro atoms. The molecule has 5 nitrogen and oxygen atoms in total. The molecule has 1 unspecified atom stereocenters. The van der Waals surface area contributed by atoms with Gasteiger partial charge in [-0.05, 0) is 35.9 Å². The van der Waals surface area contributed by atoms with Crippen molar-refractivity contribution in [3.63, 3.8) is 0 Å². The number of ether oxygens (including phenoxy) is 1. The standard InChI is InChI=1S/C19H16ClF2N3O2/c20-15-8-13(2-4-17(15)22)18-11-25(5-6-27-18)19(26)24-10-14-7-12(9-23)1-3-16(14)21/h1-4,7-8,18H,5-6,10-11H2,(H,24,26). The predicted molar refractivity (Wildman–Crippen MR) is 95.0 cm³/mol. The van der Waals surface area contributed by atoms with Crippen molar-refractivity contribution < 1.29 is 18.3 Å². The highest BCUT2D eigenvalue weighted by Crippen LogP contribution is 2.26. The summed E-state index contributed by atoms with van der Waals surface area (Å²) in [6, 6.07) is 9.83. The first-order chi connectivity index (χ1) is 13.0. The molecule has 1 fully saturated rings. The number of carbonyl (C=O) groups excluding carboxylic acids is 1. The van der Waals surface area contributed by atoms with Gasteiger partial charge in [-0.2, -0.15) is 5.26 Å². The zero-order valence-corrected chi connectivity index (χ0v) is 15.0. The van der Waals surface area contributed by atoms with Crippen LogP contribution in [0.25, 0.3) is 0 Å². The Bertz CT molecular complexity index is 901. The van der Waals surface area contributed by atoms with Crippen LogP contribution in [0.1, 0.15) is 22.8 Å². The average Bonchev–Trinajstić information content (AvgIpc) is 2.69. The summed E-state index contributed by atoms with van der Waals surface area (Å²) in [7, 11) is 0. The number of amides is 2. The number of urea groups is 1. The van der Waals surface area contributed by atoms with E-state index in [1.165, 1.54) is 35.2 Å². The quantitative estimate of drug-likeness (QED) is 0.866. The minimum absolute atomic E-state index is 0.00877. The molecule has 1 heterocycles. The van der Waals surface area contributed by atoms with Crippen molar-refractivity contribution in [2.75, 3.05) is 19.7 Å². The van der Waals surface area contributed by atoms with Crippen molar-refractivity contribution in [3.8, 4) is 6.07 Å². The van der Waals surface area contributed by atoms with Gasteiger partial charge in [-0.25, -0.2) is 13.6 Å². The van der Waals surface area contributed by atoms with Gasteiger partial charge in [0.25, 0.3) is 0 Å². The van der Waals surface area contributed by atoms with E-state index in [-0.39, 0.29) is 29.7 Å². The number of nitrogens with zero attached hydrogens (tertiary/aromatic N) is 2. The van der Waals surface area contributed by atoms with Crippen molar-refractivity contribution in [2.24, 2.45) is 0 Å². The predicted octanol–water partition coefficient (Wildman–Crippen LogP) is 3.77. The summed E-state index contributed by atoms with van der Waals surface area (Å²) in [6.07, 6.45) is -0.429. The van der Waals surface area contributed by atoms with Crippen LogP contribution in [0.5, 0.6) is 0 Å². The van der Waals surface area contributed by atoms with Crippen molar-refractivity contribution in [3.05, 3.63) is 69.7 Å². The Balaban J connectivity index is 1.63. The van der Waals surface area contributed by atoms with E-state index in [1.54, 1.807) is 6.07 Å². The van der Waals surface area contributed by atoms with Crippen LogP contribution < -0.4 is 5.32 Å². The fraction of sp³-hybridized carbons (Fsp3) is 0.263. The number of morpholine rings is 1. The first-order valence-corrected chi connectivity index (χ1v) is 8.63. The van der Waals surface area contributed by atoms with E-state index in [1.807, 2.05) is 6.07 Å². The van der Waals surface area contributed by atoms with Crippen LogP contribution in [-0.2, 0) is 11.3 Å². The number of benzene rings is 2. The topological polar surface area (TPSA) is 65.4 Å². The molecule has 0 aromatic heterocycles. The summed E-state index contributed by atoms with van der Waals surface area (Å²) >= 11 is 5.81. The van der Waals surface area contributed by atoms with E-state index in [4.69, 9.17) is 21.6 Å². The molecule has 1 saturated heterocycles. The summed E-state index contributed by atoms with van der Waals surface area (Å²) in [6.45, 7) is 0.905. The molecule has 2 aromatic carbocycles. The van der Waals surface area contributed by atoms with Gasteiger partial charge < -0.3 is 15.0 Å². The highest BCUT2D eigenvalue weighted by molar-refractivity contribution is 6.30. The van der Waals surface area contributed by atoms with E-state index in [9.17, 15) is 13.6 Å². The average molecular weight is 392 g/mol. The molecule has 0 bridgehead atoms. The Labute approximate surface area is 160 Å². The lowest BCUT2D eigenvalue weighted by Gasteiger charge is -2.33. The summed E-state index contributed by atoms with van der Waals surface area (Å²) in [5.74, 6) is -1.01. The van der Waals surface area contributed by atoms with Gasteiger partial charge in [-0.1, -0.05) is 17.7 Å². The summed E-state index contributed by atoms with van der Waals surface area (Å²) in [5.41, 5.74) is 1.23. The Kier molecular flexibility index (Phi) is 5.89. The molecule has 140 valence electrons. The summed E-state index contributed by atoms with van der Waals surface area (Å²) in [5, 5.41) is 11.5. The second-order valence-electron chi connectivity index (χ2n) is 6.06. The monoisotopic (exact) mass is 391 g/mol. The highest BCUT2D eigenvalue weighted by atomic mass is 35.5. The van der Waals surface area contributed by atoms with Gasteiger partial charge >= 0.3 is 6.03 Å². The second kappa shape index (κ2) is 8.33. The molecule has 1 N–H and O–H groups in total. The first-order valence-electron chi connectivity index (χ1n) is 8.26. The van der Waals surface area contributed by atoms with E-state index in [2.05, 4.69) is 5.32 Å². The Morgan fingerprint density at radius 2 is 2.07 bits per heavy atom. The van der Waals surface area contributed by atoms with Crippen LogP contribution in [0.2, 0.25) is 5.02 Å². The number of nitrogens with one attached hydrogen (secondary N) is 1. The zero-order chi connectivity index (χ0) is 19.4. The lowest BCUT2D eigenvalue weighted by molar-refractivity contribution is -0.0155. The molecule has 1 atom stereocenters. The summed E-state index contributed by atoms with van der Waals surface area (Å²) in [4.78, 5) is 14.0. The molecule has 0 saturated carbocycles. The number of nitriles is 1. The van der Waals surface area contributed by atoms with Gasteiger partial charge in [0, 0.05) is 18.7 Å². The lowest BCUT2D eigenvalue weighted by Crippen LogP contribution is -2.47. The van der Waals surface area contributed by atoms with Crippen LogP contribution in [0.3, 0.4) is 0 Å². The zero-order valence-electron chi connectivity index (χ0n) is 14.2.